The van der Waals surface area contributed by atoms with Gasteiger partial charge in [-0.1, -0.05) is 17.7 Å². The van der Waals surface area contributed by atoms with Gasteiger partial charge in [-0.05, 0) is 24.1 Å². The fourth-order valence-corrected chi connectivity index (χ4v) is 2.66. The minimum Gasteiger partial charge on any atom is -0.495 e. The SMILES string of the molecule is COc1ccc(C[C@@H](NC(=O)[C@H]2CCC(=O)N2)C(N)=O)cc1Cl. The highest BCUT2D eigenvalue weighted by atomic mass is 35.5. The molecule has 0 bridgehead atoms. The van der Waals surface area contributed by atoms with E-state index in [-0.39, 0.29) is 12.3 Å². The molecule has 0 saturated carbocycles. The van der Waals surface area contributed by atoms with Crippen LogP contribution in [0.5, 0.6) is 5.75 Å². The minimum absolute atomic E-state index is 0.178. The molecule has 0 unspecified atom stereocenters. The van der Waals surface area contributed by atoms with Crippen LogP contribution in [0.2, 0.25) is 5.02 Å². The molecule has 0 aliphatic carbocycles. The number of ether oxygens (including phenoxy) is 1. The molecule has 2 rings (SSSR count). The Morgan fingerprint density at radius 2 is 2.26 bits per heavy atom. The molecule has 124 valence electrons. The molecule has 1 aromatic rings. The standard InChI is InChI=1S/C15H18ClN3O4/c1-23-12-4-2-8(6-9(12)16)7-11(14(17)21)19-15(22)10-3-5-13(20)18-10/h2,4,6,10-11H,3,5,7H2,1H3,(H2,17,21)(H,18,20)(H,19,22)/t10-,11-/m1/s1. The van der Waals surface area contributed by atoms with Gasteiger partial charge in [0.2, 0.25) is 17.7 Å². The summed E-state index contributed by atoms with van der Waals surface area (Å²) < 4.78 is 5.06. The Kier molecular flexibility index (Phi) is 5.44. The van der Waals surface area contributed by atoms with E-state index in [2.05, 4.69) is 10.6 Å². The average Bonchev–Trinajstić information content (AvgIpc) is 2.93. The molecule has 1 heterocycles. The molecule has 1 aliphatic rings. The van der Waals surface area contributed by atoms with Crippen LogP contribution in [-0.4, -0.2) is 36.9 Å². The Hall–Kier alpha value is -2.28. The van der Waals surface area contributed by atoms with Gasteiger partial charge in [-0.15, -0.1) is 0 Å². The highest BCUT2D eigenvalue weighted by Gasteiger charge is 2.29. The Morgan fingerprint density at radius 1 is 1.52 bits per heavy atom. The number of halogens is 1. The molecule has 3 amide bonds. The van der Waals surface area contributed by atoms with Crippen molar-refractivity contribution < 1.29 is 19.1 Å². The molecular formula is C15H18ClN3O4. The summed E-state index contributed by atoms with van der Waals surface area (Å²) in [5.74, 6) is -0.736. The summed E-state index contributed by atoms with van der Waals surface area (Å²) in [5, 5.41) is 5.52. The molecule has 8 heteroatoms. The van der Waals surface area contributed by atoms with Gasteiger partial charge in [0, 0.05) is 12.8 Å². The summed E-state index contributed by atoms with van der Waals surface area (Å²) in [5.41, 5.74) is 6.09. The monoisotopic (exact) mass is 339 g/mol. The minimum atomic E-state index is -0.885. The van der Waals surface area contributed by atoms with Crippen LogP contribution in [0.4, 0.5) is 0 Å². The van der Waals surface area contributed by atoms with E-state index < -0.39 is 23.9 Å². The normalized spacial score (nSPS) is 18.2. The summed E-state index contributed by atoms with van der Waals surface area (Å²) in [6, 6.07) is 3.56. The zero-order valence-electron chi connectivity index (χ0n) is 12.6. The molecule has 4 N–H and O–H groups in total. The molecule has 1 saturated heterocycles. The van der Waals surface area contributed by atoms with Gasteiger partial charge < -0.3 is 21.1 Å². The van der Waals surface area contributed by atoms with Crippen LogP contribution in [-0.2, 0) is 20.8 Å². The summed E-state index contributed by atoms with van der Waals surface area (Å²) in [7, 11) is 1.50. The van der Waals surface area contributed by atoms with Crippen molar-refractivity contribution in [2.45, 2.75) is 31.3 Å². The van der Waals surface area contributed by atoms with Crippen LogP contribution in [0.15, 0.2) is 18.2 Å². The van der Waals surface area contributed by atoms with Crippen molar-refractivity contribution in [3.8, 4) is 5.75 Å². The molecule has 0 aromatic heterocycles. The second-order valence-corrected chi connectivity index (χ2v) is 5.70. The lowest BCUT2D eigenvalue weighted by Crippen LogP contribution is -2.51. The third-order valence-corrected chi connectivity index (χ3v) is 3.92. The van der Waals surface area contributed by atoms with Gasteiger partial charge in [0.25, 0.3) is 0 Å². The first-order valence-electron chi connectivity index (χ1n) is 7.12. The highest BCUT2D eigenvalue weighted by molar-refractivity contribution is 6.32. The first-order chi connectivity index (χ1) is 10.9. The van der Waals surface area contributed by atoms with E-state index in [9.17, 15) is 14.4 Å². The molecule has 0 radical (unpaired) electrons. The second-order valence-electron chi connectivity index (χ2n) is 5.30. The van der Waals surface area contributed by atoms with Crippen molar-refractivity contribution in [2.75, 3.05) is 7.11 Å². The summed E-state index contributed by atoms with van der Waals surface area (Å²) in [6.07, 6.45) is 0.906. The number of primary amides is 1. The van der Waals surface area contributed by atoms with Crippen molar-refractivity contribution in [1.29, 1.82) is 0 Å². The highest BCUT2D eigenvalue weighted by Crippen LogP contribution is 2.25. The van der Waals surface area contributed by atoms with Gasteiger partial charge in [-0.25, -0.2) is 0 Å². The molecule has 23 heavy (non-hydrogen) atoms. The van der Waals surface area contributed by atoms with E-state index in [1.165, 1.54) is 7.11 Å². The molecular weight excluding hydrogens is 322 g/mol. The van der Waals surface area contributed by atoms with Gasteiger partial charge in [0.15, 0.2) is 0 Å². The van der Waals surface area contributed by atoms with Gasteiger partial charge in [0.1, 0.15) is 17.8 Å². The summed E-state index contributed by atoms with van der Waals surface area (Å²) in [6.45, 7) is 0. The number of nitrogens with two attached hydrogens (primary N) is 1. The first kappa shape index (κ1) is 17.1. The van der Waals surface area contributed by atoms with Crippen LogP contribution in [0.25, 0.3) is 0 Å². The Labute approximate surface area is 138 Å². The molecule has 2 atom stereocenters. The number of carbonyl (C=O) groups excluding carboxylic acids is 3. The van der Waals surface area contributed by atoms with Gasteiger partial charge in [0.05, 0.1) is 12.1 Å². The Bertz CT molecular complexity index is 635. The van der Waals surface area contributed by atoms with Gasteiger partial charge in [-0.2, -0.15) is 0 Å². The first-order valence-corrected chi connectivity index (χ1v) is 7.50. The lowest BCUT2D eigenvalue weighted by atomic mass is 10.0. The van der Waals surface area contributed by atoms with E-state index in [0.29, 0.717) is 23.6 Å². The molecule has 1 aromatic carbocycles. The zero-order chi connectivity index (χ0) is 17.0. The zero-order valence-corrected chi connectivity index (χ0v) is 13.4. The Morgan fingerprint density at radius 3 is 2.78 bits per heavy atom. The predicted octanol–water partition coefficient (Wildman–Crippen LogP) is 0.140. The molecule has 1 aliphatic heterocycles. The molecule has 1 fully saturated rings. The van der Waals surface area contributed by atoms with Crippen molar-refractivity contribution in [3.05, 3.63) is 28.8 Å². The number of benzene rings is 1. The van der Waals surface area contributed by atoms with Crippen molar-refractivity contribution in [2.24, 2.45) is 5.73 Å². The van der Waals surface area contributed by atoms with Crippen molar-refractivity contribution in [1.82, 2.24) is 10.6 Å². The van der Waals surface area contributed by atoms with Gasteiger partial charge >= 0.3 is 0 Å². The van der Waals surface area contributed by atoms with E-state index in [1.54, 1.807) is 18.2 Å². The average molecular weight is 340 g/mol. The summed E-state index contributed by atoms with van der Waals surface area (Å²) in [4.78, 5) is 34.8. The third-order valence-electron chi connectivity index (χ3n) is 3.63. The second kappa shape index (κ2) is 7.32. The number of hydrogen-bond donors (Lipinski definition) is 3. The van der Waals surface area contributed by atoms with E-state index in [1.807, 2.05) is 0 Å². The number of carbonyl (C=O) groups is 3. The third kappa shape index (κ3) is 4.35. The maximum absolute atomic E-state index is 12.1. The van der Waals surface area contributed by atoms with Crippen molar-refractivity contribution >= 4 is 29.3 Å². The van der Waals surface area contributed by atoms with Crippen LogP contribution in [0.1, 0.15) is 18.4 Å². The number of methoxy groups -OCH3 is 1. The van der Waals surface area contributed by atoms with Gasteiger partial charge in [-0.3, -0.25) is 14.4 Å². The van der Waals surface area contributed by atoms with E-state index in [0.717, 1.165) is 5.56 Å². The molecule has 7 nitrogen and oxygen atoms in total. The lowest BCUT2D eigenvalue weighted by Gasteiger charge is -2.18. The number of rotatable bonds is 6. The quantitative estimate of drug-likeness (QED) is 0.684. The van der Waals surface area contributed by atoms with Crippen LogP contribution in [0.3, 0.4) is 0 Å². The van der Waals surface area contributed by atoms with Crippen LogP contribution >= 0.6 is 11.6 Å². The predicted molar refractivity (Wildman–Crippen MR) is 84.0 cm³/mol. The summed E-state index contributed by atoms with van der Waals surface area (Å²) >= 11 is 6.04. The van der Waals surface area contributed by atoms with E-state index in [4.69, 9.17) is 22.1 Å². The van der Waals surface area contributed by atoms with Crippen LogP contribution < -0.4 is 21.1 Å². The largest absolute Gasteiger partial charge is 0.495 e. The lowest BCUT2D eigenvalue weighted by molar-refractivity contribution is -0.129. The van der Waals surface area contributed by atoms with Crippen LogP contribution in [0, 0.1) is 0 Å². The maximum atomic E-state index is 12.1. The Balaban J connectivity index is 2.04. The number of amides is 3. The molecule has 0 spiro atoms. The van der Waals surface area contributed by atoms with E-state index >= 15 is 0 Å². The topological polar surface area (TPSA) is 111 Å². The smallest absolute Gasteiger partial charge is 0.243 e. The van der Waals surface area contributed by atoms with Crippen molar-refractivity contribution in [3.63, 3.8) is 0 Å². The fourth-order valence-electron chi connectivity index (χ4n) is 2.38. The number of nitrogens with one attached hydrogen (secondary N) is 2. The maximum Gasteiger partial charge on any atom is 0.243 e. The fraction of sp³-hybridized carbons (Fsp3) is 0.400. The number of hydrogen-bond acceptors (Lipinski definition) is 4.